The first-order valence-electron chi connectivity index (χ1n) is 10.5. The molecule has 2 saturated heterocycles. The van der Waals surface area contributed by atoms with Gasteiger partial charge in [-0.3, -0.25) is 14.5 Å². The van der Waals surface area contributed by atoms with Crippen LogP contribution in [-0.4, -0.2) is 53.4 Å². The zero-order chi connectivity index (χ0) is 22.2. The number of likely N-dealkylation sites (tertiary alicyclic amines) is 1. The van der Waals surface area contributed by atoms with Gasteiger partial charge in [-0.2, -0.15) is 0 Å². The third-order valence-corrected chi connectivity index (χ3v) is 6.32. The van der Waals surface area contributed by atoms with Gasteiger partial charge in [-0.1, -0.05) is 35.9 Å². The van der Waals surface area contributed by atoms with Crippen molar-refractivity contribution in [2.24, 2.45) is 0 Å². The number of urea groups is 1. The van der Waals surface area contributed by atoms with Gasteiger partial charge < -0.3 is 15.0 Å². The van der Waals surface area contributed by atoms with Crippen molar-refractivity contribution in [1.29, 1.82) is 0 Å². The molecule has 0 unspecified atom stereocenters. The largest absolute Gasteiger partial charge is 0.496 e. The van der Waals surface area contributed by atoms with E-state index in [0.717, 1.165) is 16.7 Å². The SMILES string of the molecule is COc1ccccc1C(=O)N1CCC2(CC1)NC(=O)N(Cc1cc(C)ccc1C)C2=O. The molecule has 31 heavy (non-hydrogen) atoms. The molecule has 2 aromatic carbocycles. The molecule has 1 spiro atoms. The van der Waals surface area contributed by atoms with Crippen LogP contribution in [0.25, 0.3) is 0 Å². The van der Waals surface area contributed by atoms with Crippen molar-refractivity contribution in [1.82, 2.24) is 15.1 Å². The summed E-state index contributed by atoms with van der Waals surface area (Å²) in [6.45, 7) is 5.00. The number of imide groups is 1. The van der Waals surface area contributed by atoms with Crippen LogP contribution in [0.5, 0.6) is 5.75 Å². The molecule has 0 aliphatic carbocycles. The van der Waals surface area contributed by atoms with E-state index in [1.54, 1.807) is 23.1 Å². The number of piperidine rings is 1. The minimum absolute atomic E-state index is 0.128. The summed E-state index contributed by atoms with van der Waals surface area (Å²) in [6, 6.07) is 12.8. The number of para-hydroxylation sites is 1. The van der Waals surface area contributed by atoms with E-state index in [4.69, 9.17) is 4.74 Å². The summed E-state index contributed by atoms with van der Waals surface area (Å²) >= 11 is 0. The third-order valence-electron chi connectivity index (χ3n) is 6.32. The number of benzene rings is 2. The molecule has 7 nitrogen and oxygen atoms in total. The average Bonchev–Trinajstić information content (AvgIpc) is 3.00. The molecule has 2 aliphatic heterocycles. The molecule has 1 N–H and O–H groups in total. The Bertz CT molecular complexity index is 1040. The fourth-order valence-corrected chi connectivity index (χ4v) is 4.38. The minimum atomic E-state index is -0.938. The lowest BCUT2D eigenvalue weighted by molar-refractivity contribution is -0.133. The molecular weight excluding hydrogens is 394 g/mol. The maximum atomic E-state index is 13.3. The molecule has 4 rings (SSSR count). The quantitative estimate of drug-likeness (QED) is 0.770. The lowest BCUT2D eigenvalue weighted by atomic mass is 9.87. The van der Waals surface area contributed by atoms with Gasteiger partial charge in [0.2, 0.25) is 0 Å². The zero-order valence-corrected chi connectivity index (χ0v) is 18.1. The summed E-state index contributed by atoms with van der Waals surface area (Å²) in [5, 5.41) is 2.92. The van der Waals surface area contributed by atoms with Crippen LogP contribution in [0.3, 0.4) is 0 Å². The van der Waals surface area contributed by atoms with Crippen molar-refractivity contribution in [3.8, 4) is 5.75 Å². The summed E-state index contributed by atoms with van der Waals surface area (Å²) in [6.07, 6.45) is 0.781. The normalized spacial score (nSPS) is 17.8. The van der Waals surface area contributed by atoms with E-state index >= 15 is 0 Å². The van der Waals surface area contributed by atoms with Crippen LogP contribution in [0.15, 0.2) is 42.5 Å². The van der Waals surface area contributed by atoms with Gasteiger partial charge in [0.05, 0.1) is 19.2 Å². The summed E-state index contributed by atoms with van der Waals surface area (Å²) in [4.78, 5) is 41.9. The van der Waals surface area contributed by atoms with E-state index in [-0.39, 0.29) is 24.4 Å². The smallest absolute Gasteiger partial charge is 0.325 e. The van der Waals surface area contributed by atoms with Crippen molar-refractivity contribution in [3.05, 3.63) is 64.7 Å². The van der Waals surface area contributed by atoms with Gasteiger partial charge in [-0.15, -0.1) is 0 Å². The Balaban J connectivity index is 1.47. The van der Waals surface area contributed by atoms with Crippen LogP contribution in [-0.2, 0) is 11.3 Å². The van der Waals surface area contributed by atoms with Crippen molar-refractivity contribution in [2.75, 3.05) is 20.2 Å². The van der Waals surface area contributed by atoms with Crippen LogP contribution in [0, 0.1) is 13.8 Å². The highest BCUT2D eigenvalue weighted by atomic mass is 16.5. The second-order valence-corrected chi connectivity index (χ2v) is 8.33. The third kappa shape index (κ3) is 3.76. The number of ether oxygens (including phenoxy) is 1. The Labute approximate surface area is 182 Å². The van der Waals surface area contributed by atoms with E-state index in [0.29, 0.717) is 37.2 Å². The number of rotatable bonds is 4. The van der Waals surface area contributed by atoms with Gasteiger partial charge in [-0.25, -0.2) is 4.79 Å². The molecular formula is C24H27N3O4. The zero-order valence-electron chi connectivity index (χ0n) is 18.1. The topological polar surface area (TPSA) is 79.0 Å². The van der Waals surface area contributed by atoms with E-state index in [2.05, 4.69) is 5.32 Å². The highest BCUT2D eigenvalue weighted by Gasteiger charge is 2.52. The number of hydrogen-bond donors (Lipinski definition) is 1. The number of amides is 4. The van der Waals surface area contributed by atoms with Crippen LogP contribution >= 0.6 is 0 Å². The predicted octanol–water partition coefficient (Wildman–Crippen LogP) is 3.04. The van der Waals surface area contributed by atoms with Crippen LogP contribution in [0.1, 0.15) is 39.9 Å². The molecule has 2 fully saturated rings. The number of nitrogens with zero attached hydrogens (tertiary/aromatic N) is 2. The maximum Gasteiger partial charge on any atom is 0.325 e. The molecule has 7 heteroatoms. The van der Waals surface area contributed by atoms with E-state index in [9.17, 15) is 14.4 Å². The summed E-state index contributed by atoms with van der Waals surface area (Å²) in [5.41, 5.74) is 2.66. The predicted molar refractivity (Wildman–Crippen MR) is 116 cm³/mol. The van der Waals surface area contributed by atoms with Crippen molar-refractivity contribution < 1.29 is 19.1 Å². The Morgan fingerprint density at radius 2 is 1.81 bits per heavy atom. The monoisotopic (exact) mass is 421 g/mol. The number of aryl methyl sites for hydroxylation is 2. The molecule has 0 radical (unpaired) electrons. The van der Waals surface area contributed by atoms with Gasteiger partial charge in [-0.05, 0) is 49.9 Å². The Morgan fingerprint density at radius 1 is 1.10 bits per heavy atom. The minimum Gasteiger partial charge on any atom is -0.496 e. The maximum absolute atomic E-state index is 13.3. The van der Waals surface area contributed by atoms with E-state index < -0.39 is 5.54 Å². The van der Waals surface area contributed by atoms with E-state index in [1.165, 1.54) is 12.0 Å². The molecule has 0 aromatic heterocycles. The molecule has 0 atom stereocenters. The van der Waals surface area contributed by atoms with Crippen LogP contribution < -0.4 is 10.1 Å². The lowest BCUT2D eigenvalue weighted by Crippen LogP contribution is -2.55. The highest BCUT2D eigenvalue weighted by Crippen LogP contribution is 2.32. The van der Waals surface area contributed by atoms with Crippen LogP contribution in [0.4, 0.5) is 4.79 Å². The summed E-state index contributed by atoms with van der Waals surface area (Å²) in [7, 11) is 1.54. The fraction of sp³-hybridized carbons (Fsp3) is 0.375. The molecule has 2 aliphatic rings. The Morgan fingerprint density at radius 3 is 2.52 bits per heavy atom. The number of carbonyl (C=O) groups excluding carboxylic acids is 3. The molecule has 162 valence electrons. The van der Waals surface area contributed by atoms with Gasteiger partial charge in [0, 0.05) is 13.1 Å². The van der Waals surface area contributed by atoms with Crippen molar-refractivity contribution >= 4 is 17.8 Å². The Kier molecular flexibility index (Phi) is 5.43. The van der Waals surface area contributed by atoms with Gasteiger partial charge in [0.1, 0.15) is 11.3 Å². The average molecular weight is 421 g/mol. The van der Waals surface area contributed by atoms with Gasteiger partial charge in [0.25, 0.3) is 11.8 Å². The molecule has 4 amide bonds. The molecule has 0 bridgehead atoms. The number of methoxy groups -OCH3 is 1. The summed E-state index contributed by atoms with van der Waals surface area (Å²) < 4.78 is 5.31. The number of hydrogen-bond acceptors (Lipinski definition) is 4. The second-order valence-electron chi connectivity index (χ2n) is 8.33. The first-order chi connectivity index (χ1) is 14.8. The lowest BCUT2D eigenvalue weighted by Gasteiger charge is -2.37. The molecule has 2 heterocycles. The highest BCUT2D eigenvalue weighted by molar-refractivity contribution is 6.07. The number of nitrogens with one attached hydrogen (secondary N) is 1. The second kappa shape index (κ2) is 8.06. The fourth-order valence-electron chi connectivity index (χ4n) is 4.38. The molecule has 2 aromatic rings. The van der Waals surface area contributed by atoms with Gasteiger partial charge >= 0.3 is 6.03 Å². The molecule has 0 saturated carbocycles. The van der Waals surface area contributed by atoms with Crippen LogP contribution in [0.2, 0.25) is 0 Å². The first kappa shape index (κ1) is 20.9. The standard InChI is InChI=1S/C24H27N3O4/c1-16-8-9-17(2)18(14-16)15-27-22(29)24(25-23(27)30)10-12-26(13-11-24)21(28)19-6-4-5-7-20(19)31-3/h4-9,14H,10-13,15H2,1-3H3,(H,25,30). The van der Waals surface area contributed by atoms with Crippen molar-refractivity contribution in [2.45, 2.75) is 38.8 Å². The Hall–Kier alpha value is -3.35. The summed E-state index contributed by atoms with van der Waals surface area (Å²) in [5.74, 6) is 0.192. The number of carbonyl (C=O) groups is 3. The van der Waals surface area contributed by atoms with E-state index in [1.807, 2.05) is 38.1 Å². The first-order valence-corrected chi connectivity index (χ1v) is 10.5. The van der Waals surface area contributed by atoms with Gasteiger partial charge in [0.15, 0.2) is 0 Å². The van der Waals surface area contributed by atoms with Crippen molar-refractivity contribution in [3.63, 3.8) is 0 Å².